The van der Waals surface area contributed by atoms with E-state index in [2.05, 4.69) is 59.2 Å². The lowest BCUT2D eigenvalue weighted by Crippen LogP contribution is -2.48. The van der Waals surface area contributed by atoms with Crippen LogP contribution in [0.3, 0.4) is 0 Å². The first-order valence-corrected chi connectivity index (χ1v) is 20.8. The lowest BCUT2D eigenvalue weighted by molar-refractivity contribution is -0.119. The Hall–Kier alpha value is -3.21. The molecule has 1 fully saturated rings. The molecule has 1 aromatic carbocycles. The van der Waals surface area contributed by atoms with Gasteiger partial charge in [0.2, 0.25) is 5.91 Å². The van der Waals surface area contributed by atoms with E-state index in [0.717, 1.165) is 61.3 Å². The standard InChI is InChI=1S/C35H50N4O4SSi/c1-6-34(40)39(30-12-9-19-36-27-30)29-16-22-38(23-17-29)21-15-28-11-7-8-13-31(28)43-32(33-14-10-25-44-33)18-20-37(2)35(41)42-24-26-45(3,4)5/h7-14,19,25,27,29,32H,6,15-18,20-24,26H2,1-5H3/t32-/m1/s1. The van der Waals surface area contributed by atoms with Crippen molar-refractivity contribution in [2.45, 2.75) is 76.9 Å². The van der Waals surface area contributed by atoms with Gasteiger partial charge in [0, 0.05) is 71.3 Å². The highest BCUT2D eigenvalue weighted by Crippen LogP contribution is 2.31. The Kier molecular flexibility index (Phi) is 13.0. The van der Waals surface area contributed by atoms with Gasteiger partial charge in [0.15, 0.2) is 0 Å². The molecule has 1 saturated heterocycles. The van der Waals surface area contributed by atoms with Gasteiger partial charge in [-0.1, -0.05) is 50.8 Å². The number of benzene rings is 1. The number of carbonyl (C=O) groups excluding carboxylic acids is 2. The molecule has 1 aliphatic heterocycles. The number of nitrogens with zero attached hydrogens (tertiary/aromatic N) is 4. The van der Waals surface area contributed by atoms with Crippen LogP contribution < -0.4 is 9.64 Å². The number of thiophene rings is 1. The van der Waals surface area contributed by atoms with Crippen LogP contribution in [0.15, 0.2) is 66.3 Å². The molecule has 1 atom stereocenters. The van der Waals surface area contributed by atoms with Crippen LogP contribution in [0.25, 0.3) is 0 Å². The highest BCUT2D eigenvalue weighted by molar-refractivity contribution is 7.10. The summed E-state index contributed by atoms with van der Waals surface area (Å²) in [5.41, 5.74) is 2.07. The number of anilines is 1. The van der Waals surface area contributed by atoms with Gasteiger partial charge in [-0.3, -0.25) is 9.78 Å². The predicted molar refractivity (Wildman–Crippen MR) is 186 cm³/mol. The van der Waals surface area contributed by atoms with Crippen molar-refractivity contribution in [2.24, 2.45) is 0 Å². The molecular formula is C35H50N4O4SSi. The van der Waals surface area contributed by atoms with Crippen molar-refractivity contribution in [3.63, 3.8) is 0 Å². The number of rotatable bonds is 15. The van der Waals surface area contributed by atoms with E-state index in [-0.39, 0.29) is 24.1 Å². The second kappa shape index (κ2) is 16.9. The van der Waals surface area contributed by atoms with Gasteiger partial charge in [-0.25, -0.2) is 4.79 Å². The molecule has 0 radical (unpaired) electrons. The van der Waals surface area contributed by atoms with Crippen LogP contribution in [0.5, 0.6) is 5.75 Å². The molecule has 244 valence electrons. The van der Waals surface area contributed by atoms with Crippen molar-refractivity contribution < 1.29 is 19.1 Å². The summed E-state index contributed by atoms with van der Waals surface area (Å²) in [6.07, 6.45) is 7.01. The minimum absolute atomic E-state index is 0.151. The summed E-state index contributed by atoms with van der Waals surface area (Å²) in [5.74, 6) is 1.04. The van der Waals surface area contributed by atoms with Gasteiger partial charge in [-0.15, -0.1) is 11.3 Å². The number of pyridine rings is 1. The summed E-state index contributed by atoms with van der Waals surface area (Å²) in [6, 6.07) is 17.5. The zero-order chi connectivity index (χ0) is 32.2. The zero-order valence-corrected chi connectivity index (χ0v) is 29.4. The monoisotopic (exact) mass is 650 g/mol. The summed E-state index contributed by atoms with van der Waals surface area (Å²) >= 11 is 1.68. The molecule has 1 aliphatic rings. The lowest BCUT2D eigenvalue weighted by Gasteiger charge is -2.38. The summed E-state index contributed by atoms with van der Waals surface area (Å²) in [7, 11) is 0.541. The predicted octanol–water partition coefficient (Wildman–Crippen LogP) is 7.51. The van der Waals surface area contributed by atoms with Crippen LogP contribution in [0.4, 0.5) is 10.5 Å². The minimum atomic E-state index is -1.26. The largest absolute Gasteiger partial charge is 0.485 e. The topological polar surface area (TPSA) is 75.2 Å². The number of piperidine rings is 1. The maximum absolute atomic E-state index is 12.9. The molecule has 0 unspecified atom stereocenters. The smallest absolute Gasteiger partial charge is 0.409 e. The number of ether oxygens (including phenoxy) is 2. The van der Waals surface area contributed by atoms with Gasteiger partial charge in [-0.2, -0.15) is 0 Å². The van der Waals surface area contributed by atoms with Crippen LogP contribution in [-0.4, -0.2) is 80.7 Å². The van der Waals surface area contributed by atoms with Gasteiger partial charge in [0.05, 0.1) is 18.5 Å². The van der Waals surface area contributed by atoms with E-state index >= 15 is 0 Å². The number of likely N-dealkylation sites (tertiary alicyclic amines) is 1. The average molecular weight is 651 g/mol. The third-order valence-corrected chi connectivity index (χ3v) is 11.0. The van der Waals surface area contributed by atoms with Gasteiger partial charge in [0.25, 0.3) is 0 Å². The van der Waals surface area contributed by atoms with E-state index < -0.39 is 8.07 Å². The maximum atomic E-state index is 12.9. The molecule has 10 heteroatoms. The Morgan fingerprint density at radius 3 is 2.53 bits per heavy atom. The normalized spacial score (nSPS) is 15.0. The first-order valence-electron chi connectivity index (χ1n) is 16.2. The number of hydrogen-bond donors (Lipinski definition) is 0. The molecule has 0 bridgehead atoms. The van der Waals surface area contributed by atoms with E-state index in [4.69, 9.17) is 9.47 Å². The van der Waals surface area contributed by atoms with E-state index in [0.29, 0.717) is 26.0 Å². The van der Waals surface area contributed by atoms with Crippen molar-refractivity contribution in [1.82, 2.24) is 14.8 Å². The van der Waals surface area contributed by atoms with Crippen molar-refractivity contribution in [2.75, 3.05) is 44.7 Å². The molecule has 45 heavy (non-hydrogen) atoms. The van der Waals surface area contributed by atoms with E-state index in [1.165, 1.54) is 5.56 Å². The number of aromatic nitrogens is 1. The van der Waals surface area contributed by atoms with E-state index in [9.17, 15) is 9.59 Å². The fraction of sp³-hybridized carbons (Fsp3) is 0.514. The number of amides is 2. The van der Waals surface area contributed by atoms with Crippen molar-refractivity contribution in [1.29, 1.82) is 0 Å². The van der Waals surface area contributed by atoms with Gasteiger partial charge < -0.3 is 24.2 Å². The summed E-state index contributed by atoms with van der Waals surface area (Å²) in [5, 5.41) is 2.07. The molecule has 0 spiro atoms. The molecule has 3 aromatic rings. The molecule has 3 heterocycles. The fourth-order valence-electron chi connectivity index (χ4n) is 5.57. The Labute approximate surface area is 274 Å². The second-order valence-electron chi connectivity index (χ2n) is 13.0. The fourth-order valence-corrected chi connectivity index (χ4v) is 7.08. The Balaban J connectivity index is 1.32. The van der Waals surface area contributed by atoms with Crippen molar-refractivity contribution in [3.8, 4) is 5.75 Å². The minimum Gasteiger partial charge on any atom is -0.485 e. The van der Waals surface area contributed by atoms with Gasteiger partial charge in [-0.05, 0) is 60.5 Å². The Morgan fingerprint density at radius 1 is 1.09 bits per heavy atom. The molecule has 0 saturated carbocycles. The van der Waals surface area contributed by atoms with E-state index in [1.54, 1.807) is 35.7 Å². The Bertz CT molecular complexity index is 1330. The molecular weight excluding hydrogens is 601 g/mol. The molecule has 2 amide bonds. The third-order valence-electron chi connectivity index (χ3n) is 8.33. The van der Waals surface area contributed by atoms with Crippen molar-refractivity contribution >= 4 is 37.1 Å². The van der Waals surface area contributed by atoms with E-state index in [1.807, 2.05) is 36.1 Å². The van der Waals surface area contributed by atoms with Crippen LogP contribution in [0.2, 0.25) is 25.7 Å². The molecule has 0 N–H and O–H groups in total. The zero-order valence-electron chi connectivity index (χ0n) is 27.6. The van der Waals surface area contributed by atoms with Crippen LogP contribution in [0, 0.1) is 0 Å². The van der Waals surface area contributed by atoms with Crippen LogP contribution >= 0.6 is 11.3 Å². The highest BCUT2D eigenvalue weighted by Gasteiger charge is 2.29. The molecule has 8 nitrogen and oxygen atoms in total. The third kappa shape index (κ3) is 10.7. The Morgan fingerprint density at radius 2 is 1.87 bits per heavy atom. The van der Waals surface area contributed by atoms with Gasteiger partial charge in [0.1, 0.15) is 11.9 Å². The first-order chi connectivity index (χ1) is 21.6. The number of hydrogen-bond acceptors (Lipinski definition) is 7. The number of carbonyl (C=O) groups is 2. The molecule has 2 aromatic heterocycles. The average Bonchev–Trinajstić information content (AvgIpc) is 3.58. The summed E-state index contributed by atoms with van der Waals surface area (Å²) in [4.78, 5) is 37.0. The maximum Gasteiger partial charge on any atom is 0.409 e. The highest BCUT2D eigenvalue weighted by atomic mass is 32.1. The first kappa shape index (κ1) is 34.7. The molecule has 4 rings (SSSR count). The quantitative estimate of drug-likeness (QED) is 0.159. The summed E-state index contributed by atoms with van der Waals surface area (Å²) < 4.78 is 12.2. The van der Waals surface area contributed by atoms with Crippen LogP contribution in [-0.2, 0) is 16.0 Å². The SMILES string of the molecule is CCC(=O)N(c1cccnc1)C1CCN(CCc2ccccc2O[C@H](CCN(C)C(=O)OCC[Si](C)(C)C)c2cccs2)CC1. The molecule has 0 aliphatic carbocycles. The van der Waals surface area contributed by atoms with Crippen molar-refractivity contribution in [3.05, 3.63) is 76.7 Å². The number of para-hydroxylation sites is 1. The lowest BCUT2D eigenvalue weighted by atomic mass is 10.0. The summed E-state index contributed by atoms with van der Waals surface area (Å²) in [6.45, 7) is 12.6. The second-order valence-corrected chi connectivity index (χ2v) is 19.6. The van der Waals surface area contributed by atoms with Gasteiger partial charge >= 0.3 is 6.09 Å². The van der Waals surface area contributed by atoms with Crippen LogP contribution in [0.1, 0.15) is 49.2 Å².